The Morgan fingerprint density at radius 2 is 1.49 bits per heavy atom. The minimum absolute atomic E-state index is 0.0545. The van der Waals surface area contributed by atoms with Crippen LogP contribution in [0.4, 0.5) is 8.78 Å². The summed E-state index contributed by atoms with van der Waals surface area (Å²) >= 11 is 11.5. The van der Waals surface area contributed by atoms with Crippen LogP contribution < -0.4 is 20.1 Å². The van der Waals surface area contributed by atoms with E-state index in [0.29, 0.717) is 41.8 Å². The first kappa shape index (κ1) is 31.3. The number of nitrogens with zero attached hydrogens (tertiary/aromatic N) is 1. The van der Waals surface area contributed by atoms with Gasteiger partial charge in [-0.05, 0) is 62.1 Å². The molecule has 3 aliphatic carbocycles. The van der Waals surface area contributed by atoms with E-state index in [4.69, 9.17) is 37.4 Å². The summed E-state index contributed by atoms with van der Waals surface area (Å²) < 4.78 is 45.3. The Labute approximate surface area is 268 Å². The summed E-state index contributed by atoms with van der Waals surface area (Å²) in [6.07, 6.45) is 6.98. The average molecular weight is 664 g/mol. The molecule has 2 aromatic carbocycles. The van der Waals surface area contributed by atoms with Crippen molar-refractivity contribution in [1.82, 2.24) is 10.6 Å². The lowest BCUT2D eigenvalue weighted by atomic mass is 9.59. The van der Waals surface area contributed by atoms with Crippen molar-refractivity contribution < 1.29 is 41.9 Å². The normalized spacial score (nSPS) is 29.2. The molecule has 4 fully saturated rings. The SMILES string of the molecule is C[N+]12C=C(C(=O)O[C@H]3CC4(NC(=O)COc5ccc(Cl)c(F)c5)CCC3(NC(=O)COc3ccc(Cl)c(F)c3)CC4)C=CC1C2. The molecule has 9 nitrogen and oxygen atoms in total. The molecule has 0 spiro atoms. The second kappa shape index (κ2) is 11.9. The fourth-order valence-corrected chi connectivity index (χ4v) is 6.75. The molecule has 2 N–H and O–H groups in total. The van der Waals surface area contributed by atoms with Crippen molar-refractivity contribution in [3.05, 3.63) is 82.0 Å². The van der Waals surface area contributed by atoms with Crippen LogP contribution in [0.1, 0.15) is 32.1 Å². The van der Waals surface area contributed by atoms with E-state index in [1.165, 1.54) is 24.3 Å². The van der Waals surface area contributed by atoms with Crippen molar-refractivity contribution >= 4 is 41.0 Å². The second-order valence-corrected chi connectivity index (χ2v) is 13.2. The highest BCUT2D eigenvalue weighted by molar-refractivity contribution is 6.31. The minimum Gasteiger partial charge on any atom is -0.484 e. The number of carbonyl (C=O) groups excluding carboxylic acids is 3. The lowest BCUT2D eigenvalue weighted by Gasteiger charge is -2.57. The fraction of sp³-hybridized carbons (Fsp3) is 0.406. The molecule has 0 radical (unpaired) electrons. The number of benzene rings is 2. The van der Waals surface area contributed by atoms with Gasteiger partial charge in [0.2, 0.25) is 0 Å². The third-order valence-corrected chi connectivity index (χ3v) is 9.84. The van der Waals surface area contributed by atoms with Crippen molar-refractivity contribution in [2.24, 2.45) is 0 Å². The standard InChI is InChI=1S/C32H31Cl2F2N3O6/c1-39-15-19(2-3-20(39)16-39)30(42)45-27-14-31(37-28(40)17-43-21-4-6-23(33)25(35)12-21)8-10-32(27,11-9-31)38-29(41)18-44-22-5-7-24(34)26(36)13-22/h2-7,12-13,15,20,27H,8-11,14,16-18H2,1H3,(H-,37,38,40,41)/p+1/t20?,27-,31?,32?,39?/m0/s1. The molecule has 2 bridgehead atoms. The first-order valence-corrected chi connectivity index (χ1v) is 15.4. The number of esters is 1. The zero-order valence-electron chi connectivity index (χ0n) is 24.4. The fourth-order valence-electron chi connectivity index (χ4n) is 6.52. The smallest absolute Gasteiger partial charge is 0.343 e. The van der Waals surface area contributed by atoms with Crippen LogP contribution >= 0.6 is 23.2 Å². The number of nitrogens with one attached hydrogen (secondary N) is 2. The number of fused-ring (bicyclic) bond motifs is 4. The summed E-state index contributed by atoms with van der Waals surface area (Å²) in [5.41, 5.74) is -1.17. The van der Waals surface area contributed by atoms with Crippen LogP contribution in [-0.2, 0) is 19.1 Å². The second-order valence-electron chi connectivity index (χ2n) is 12.4. The Morgan fingerprint density at radius 3 is 2.04 bits per heavy atom. The highest BCUT2D eigenvalue weighted by Gasteiger charge is 2.58. The number of carbonyl (C=O) groups is 3. The van der Waals surface area contributed by atoms with E-state index < -0.39 is 46.6 Å². The van der Waals surface area contributed by atoms with Crippen LogP contribution in [0.5, 0.6) is 11.5 Å². The van der Waals surface area contributed by atoms with Crippen molar-refractivity contribution in [3.8, 4) is 11.5 Å². The number of likely N-dealkylation sites (N-methyl/N-ethyl adjacent to an activating group) is 1. The Morgan fingerprint density at radius 1 is 0.911 bits per heavy atom. The number of amides is 2. The van der Waals surface area contributed by atoms with E-state index in [1.54, 1.807) is 6.08 Å². The number of hydrogen-bond donors (Lipinski definition) is 2. The van der Waals surface area contributed by atoms with E-state index in [2.05, 4.69) is 10.6 Å². The van der Waals surface area contributed by atoms with Crippen LogP contribution in [0, 0.1) is 11.6 Å². The maximum atomic E-state index is 13.8. The highest BCUT2D eigenvalue weighted by atomic mass is 35.5. The molecule has 2 amide bonds. The van der Waals surface area contributed by atoms with Gasteiger partial charge in [-0.1, -0.05) is 23.2 Å². The molecule has 1 saturated heterocycles. The number of hydrogen-bond acceptors (Lipinski definition) is 6. The Balaban J connectivity index is 1.14. The van der Waals surface area contributed by atoms with Crippen LogP contribution in [0.25, 0.3) is 0 Å². The van der Waals surface area contributed by atoms with Gasteiger partial charge in [-0.25, -0.2) is 13.6 Å². The first-order valence-electron chi connectivity index (χ1n) is 14.6. The maximum absolute atomic E-state index is 13.8. The third-order valence-electron chi connectivity index (χ3n) is 9.23. The predicted octanol–water partition coefficient (Wildman–Crippen LogP) is 4.61. The zero-order valence-corrected chi connectivity index (χ0v) is 25.9. The zero-order chi connectivity index (χ0) is 32.0. The monoisotopic (exact) mass is 662 g/mol. The molecular weight excluding hydrogens is 631 g/mol. The topological polar surface area (TPSA) is 103 Å². The quantitative estimate of drug-likeness (QED) is 0.219. The minimum atomic E-state index is -0.898. The highest BCUT2D eigenvalue weighted by Crippen LogP contribution is 2.49. The molecular formula is C32H32Cl2F2N3O6+. The molecule has 3 atom stereocenters. The molecule has 2 aliphatic heterocycles. The van der Waals surface area contributed by atoms with E-state index in [-0.39, 0.29) is 41.2 Å². The molecule has 13 heteroatoms. The van der Waals surface area contributed by atoms with Gasteiger partial charge in [0.15, 0.2) is 19.3 Å². The molecule has 5 aliphatic rings. The number of quaternary nitrogens is 1. The third kappa shape index (κ3) is 6.66. The van der Waals surface area contributed by atoms with Crippen molar-refractivity contribution in [3.63, 3.8) is 0 Å². The van der Waals surface area contributed by atoms with Crippen molar-refractivity contribution in [2.75, 3.05) is 26.8 Å². The lowest BCUT2D eigenvalue weighted by molar-refractivity contribution is -0.731. The molecule has 2 heterocycles. The molecule has 2 unspecified atom stereocenters. The Hall–Kier alpha value is -3.67. The first-order chi connectivity index (χ1) is 21.4. The van der Waals surface area contributed by atoms with E-state index in [1.807, 2.05) is 19.3 Å². The van der Waals surface area contributed by atoms with E-state index in [9.17, 15) is 23.2 Å². The van der Waals surface area contributed by atoms with E-state index in [0.717, 1.165) is 18.7 Å². The predicted molar refractivity (Wildman–Crippen MR) is 161 cm³/mol. The summed E-state index contributed by atoms with van der Waals surface area (Å²) in [6.45, 7) is 0.167. The van der Waals surface area contributed by atoms with Crippen LogP contribution in [-0.4, -0.2) is 72.3 Å². The molecule has 3 saturated carbocycles. The van der Waals surface area contributed by atoms with Gasteiger partial charge < -0.3 is 24.8 Å². The summed E-state index contributed by atoms with van der Waals surface area (Å²) in [7, 11) is 2.03. The van der Waals surface area contributed by atoms with Gasteiger partial charge in [0.25, 0.3) is 11.8 Å². The summed E-state index contributed by atoms with van der Waals surface area (Å²) in [5.74, 6) is -2.41. The van der Waals surface area contributed by atoms with Crippen LogP contribution in [0.2, 0.25) is 10.0 Å². The van der Waals surface area contributed by atoms with Gasteiger partial charge >= 0.3 is 5.97 Å². The van der Waals surface area contributed by atoms with Crippen LogP contribution in [0.15, 0.2) is 60.3 Å². The Kier molecular flexibility index (Phi) is 8.30. The summed E-state index contributed by atoms with van der Waals surface area (Å²) in [4.78, 5) is 39.5. The molecule has 7 rings (SSSR count). The number of halogens is 4. The number of rotatable bonds is 10. The van der Waals surface area contributed by atoms with Gasteiger partial charge in [0.1, 0.15) is 47.6 Å². The van der Waals surface area contributed by atoms with Gasteiger partial charge in [0.05, 0.1) is 22.6 Å². The molecule has 2 aromatic rings. The molecule has 45 heavy (non-hydrogen) atoms. The van der Waals surface area contributed by atoms with Crippen molar-refractivity contribution in [2.45, 2.75) is 55.3 Å². The molecule has 238 valence electrons. The largest absolute Gasteiger partial charge is 0.484 e. The van der Waals surface area contributed by atoms with Gasteiger partial charge in [-0.15, -0.1) is 0 Å². The lowest BCUT2D eigenvalue weighted by Crippen LogP contribution is -2.71. The number of ether oxygens (including phenoxy) is 3. The van der Waals surface area contributed by atoms with Crippen molar-refractivity contribution in [1.29, 1.82) is 0 Å². The van der Waals surface area contributed by atoms with Gasteiger partial charge in [-0.2, -0.15) is 0 Å². The van der Waals surface area contributed by atoms with Gasteiger partial charge in [-0.3, -0.25) is 14.1 Å². The summed E-state index contributed by atoms with van der Waals surface area (Å²) in [5, 5.41) is 5.98. The van der Waals surface area contributed by atoms with Crippen LogP contribution in [0.3, 0.4) is 0 Å². The maximum Gasteiger partial charge on any atom is 0.343 e. The molecule has 0 aromatic heterocycles. The summed E-state index contributed by atoms with van der Waals surface area (Å²) in [6, 6.07) is 8.17. The van der Waals surface area contributed by atoms with E-state index >= 15 is 0 Å². The van der Waals surface area contributed by atoms with Gasteiger partial charge in [0, 0.05) is 24.1 Å². The average Bonchev–Trinajstić information content (AvgIpc) is 3.70. The Bertz CT molecular complexity index is 1610.